The standard InChI is InChI=1S/C8H15O4P/c9-13(10,11-5-7-1-2-7)12-6-8-3-4-8/h7-8H,1-6H2,(H,9,10). The van der Waals surface area contributed by atoms with Gasteiger partial charge in [0.05, 0.1) is 13.2 Å². The molecule has 0 aromatic rings. The Labute approximate surface area is 77.9 Å². The lowest BCUT2D eigenvalue weighted by atomic mass is 10.5. The van der Waals surface area contributed by atoms with Crippen LogP contribution in [-0.4, -0.2) is 18.1 Å². The zero-order valence-electron chi connectivity index (χ0n) is 7.52. The van der Waals surface area contributed by atoms with Crippen molar-refractivity contribution in [3.63, 3.8) is 0 Å². The molecule has 0 heterocycles. The van der Waals surface area contributed by atoms with Gasteiger partial charge in [-0.1, -0.05) is 0 Å². The maximum atomic E-state index is 11.2. The van der Waals surface area contributed by atoms with Gasteiger partial charge in [0.1, 0.15) is 0 Å². The summed E-state index contributed by atoms with van der Waals surface area (Å²) in [7, 11) is -3.72. The van der Waals surface area contributed by atoms with E-state index in [2.05, 4.69) is 0 Å². The third kappa shape index (κ3) is 3.77. The molecule has 2 fully saturated rings. The summed E-state index contributed by atoms with van der Waals surface area (Å²) in [6.07, 6.45) is 4.45. The van der Waals surface area contributed by atoms with Gasteiger partial charge in [-0.15, -0.1) is 0 Å². The first-order valence-corrected chi connectivity index (χ1v) is 6.27. The second-order valence-corrected chi connectivity index (χ2v) is 5.40. The summed E-state index contributed by atoms with van der Waals surface area (Å²) in [6, 6.07) is 0. The Kier molecular flexibility index (Phi) is 2.75. The number of hydrogen-bond acceptors (Lipinski definition) is 3. The van der Waals surface area contributed by atoms with Crippen molar-refractivity contribution in [3.05, 3.63) is 0 Å². The zero-order chi connectivity index (χ0) is 9.31. The van der Waals surface area contributed by atoms with Crippen molar-refractivity contribution >= 4 is 7.82 Å². The lowest BCUT2D eigenvalue weighted by molar-refractivity contribution is 0.140. The molecule has 2 aliphatic rings. The second-order valence-electron chi connectivity index (χ2n) is 3.95. The van der Waals surface area contributed by atoms with E-state index in [9.17, 15) is 9.46 Å². The molecule has 0 aromatic carbocycles. The maximum Gasteiger partial charge on any atom is 0.472 e. The monoisotopic (exact) mass is 206 g/mol. The van der Waals surface area contributed by atoms with E-state index in [1.807, 2.05) is 0 Å². The van der Waals surface area contributed by atoms with E-state index in [0.29, 0.717) is 25.0 Å². The molecule has 0 bridgehead atoms. The highest BCUT2D eigenvalue weighted by Crippen LogP contribution is 2.47. The Hall–Kier alpha value is 0.110. The minimum absolute atomic E-state index is 0.373. The van der Waals surface area contributed by atoms with Crippen molar-refractivity contribution in [2.75, 3.05) is 13.2 Å². The Morgan fingerprint density at radius 2 is 1.46 bits per heavy atom. The van der Waals surface area contributed by atoms with Crippen LogP contribution in [0.5, 0.6) is 0 Å². The van der Waals surface area contributed by atoms with Crippen LogP contribution in [-0.2, 0) is 13.6 Å². The fourth-order valence-corrected chi connectivity index (χ4v) is 1.88. The van der Waals surface area contributed by atoms with E-state index < -0.39 is 7.82 Å². The molecule has 0 radical (unpaired) electrons. The van der Waals surface area contributed by atoms with Crippen LogP contribution in [0.2, 0.25) is 0 Å². The van der Waals surface area contributed by atoms with Crippen LogP contribution in [0.1, 0.15) is 25.7 Å². The Balaban J connectivity index is 1.63. The summed E-state index contributed by atoms with van der Waals surface area (Å²) in [5.74, 6) is 0.981. The number of rotatable bonds is 6. The lowest BCUT2D eigenvalue weighted by Gasteiger charge is -2.10. The third-order valence-corrected chi connectivity index (χ3v) is 3.29. The van der Waals surface area contributed by atoms with Crippen LogP contribution < -0.4 is 0 Å². The van der Waals surface area contributed by atoms with E-state index in [4.69, 9.17) is 9.05 Å². The van der Waals surface area contributed by atoms with Crippen LogP contribution in [0.4, 0.5) is 0 Å². The van der Waals surface area contributed by atoms with Gasteiger partial charge in [0.25, 0.3) is 0 Å². The summed E-state index contributed by atoms with van der Waals surface area (Å²) < 4.78 is 20.8. The molecule has 0 amide bonds. The smallest absolute Gasteiger partial charge is 0.302 e. The quantitative estimate of drug-likeness (QED) is 0.675. The van der Waals surface area contributed by atoms with Crippen LogP contribution in [0.15, 0.2) is 0 Å². The van der Waals surface area contributed by atoms with Crippen molar-refractivity contribution in [3.8, 4) is 0 Å². The summed E-state index contributed by atoms with van der Waals surface area (Å²) >= 11 is 0. The van der Waals surface area contributed by atoms with E-state index in [1.165, 1.54) is 0 Å². The first-order chi connectivity index (χ1) is 6.16. The zero-order valence-corrected chi connectivity index (χ0v) is 8.41. The molecule has 5 heteroatoms. The first-order valence-electron chi connectivity index (χ1n) is 4.77. The Morgan fingerprint density at radius 1 is 1.08 bits per heavy atom. The highest BCUT2D eigenvalue weighted by atomic mass is 31.2. The average Bonchev–Trinajstić information content (AvgIpc) is 2.92. The highest BCUT2D eigenvalue weighted by molar-refractivity contribution is 7.47. The van der Waals surface area contributed by atoms with E-state index in [-0.39, 0.29) is 0 Å². The van der Waals surface area contributed by atoms with Crippen molar-refractivity contribution in [2.45, 2.75) is 25.7 Å². The SMILES string of the molecule is O=P(O)(OCC1CC1)OCC1CC1. The number of phosphoric ester groups is 1. The van der Waals surface area contributed by atoms with Gasteiger partial charge in [0.15, 0.2) is 0 Å². The normalized spacial score (nSPS) is 23.5. The van der Waals surface area contributed by atoms with Crippen molar-refractivity contribution in [1.82, 2.24) is 0 Å². The minimum atomic E-state index is -3.72. The van der Waals surface area contributed by atoms with Gasteiger partial charge in [-0.05, 0) is 37.5 Å². The summed E-state index contributed by atoms with van der Waals surface area (Å²) in [4.78, 5) is 9.18. The lowest BCUT2D eigenvalue weighted by Crippen LogP contribution is -2.00. The Morgan fingerprint density at radius 3 is 1.77 bits per heavy atom. The molecule has 1 N–H and O–H groups in total. The van der Waals surface area contributed by atoms with Crippen LogP contribution in [0, 0.1) is 11.8 Å². The number of hydrogen-bond donors (Lipinski definition) is 1. The Bertz CT molecular complexity index is 202. The van der Waals surface area contributed by atoms with Gasteiger partial charge in [-0.25, -0.2) is 4.57 Å². The molecule has 0 saturated heterocycles. The van der Waals surface area contributed by atoms with Crippen LogP contribution >= 0.6 is 7.82 Å². The minimum Gasteiger partial charge on any atom is -0.302 e. The second kappa shape index (κ2) is 3.70. The summed E-state index contributed by atoms with van der Waals surface area (Å²) in [6.45, 7) is 0.747. The summed E-state index contributed by atoms with van der Waals surface area (Å²) in [5, 5.41) is 0. The van der Waals surface area contributed by atoms with E-state index in [0.717, 1.165) is 25.7 Å². The van der Waals surface area contributed by atoms with Gasteiger partial charge in [0, 0.05) is 0 Å². The van der Waals surface area contributed by atoms with Gasteiger partial charge >= 0.3 is 7.82 Å². The molecule has 13 heavy (non-hydrogen) atoms. The van der Waals surface area contributed by atoms with Gasteiger partial charge in [-0.2, -0.15) is 0 Å². The van der Waals surface area contributed by atoms with Crippen LogP contribution in [0.3, 0.4) is 0 Å². The fraction of sp³-hybridized carbons (Fsp3) is 1.00. The number of phosphoric acid groups is 1. The predicted octanol–water partition coefficient (Wildman–Crippen LogP) is 1.94. The van der Waals surface area contributed by atoms with Gasteiger partial charge in [0.2, 0.25) is 0 Å². The van der Waals surface area contributed by atoms with Gasteiger partial charge < -0.3 is 4.89 Å². The molecular weight excluding hydrogens is 191 g/mol. The molecule has 76 valence electrons. The highest BCUT2D eigenvalue weighted by Gasteiger charge is 2.31. The largest absolute Gasteiger partial charge is 0.472 e. The van der Waals surface area contributed by atoms with E-state index >= 15 is 0 Å². The molecule has 0 atom stereocenters. The molecule has 2 saturated carbocycles. The molecule has 0 aromatic heterocycles. The topological polar surface area (TPSA) is 55.8 Å². The molecule has 4 nitrogen and oxygen atoms in total. The fourth-order valence-electron chi connectivity index (χ4n) is 1.01. The molecule has 2 rings (SSSR count). The third-order valence-electron chi connectivity index (χ3n) is 2.34. The molecular formula is C8H15O4P. The van der Waals surface area contributed by atoms with Crippen LogP contribution in [0.25, 0.3) is 0 Å². The molecule has 0 spiro atoms. The average molecular weight is 206 g/mol. The maximum absolute atomic E-state index is 11.2. The van der Waals surface area contributed by atoms with Crippen molar-refractivity contribution < 1.29 is 18.5 Å². The van der Waals surface area contributed by atoms with Crippen molar-refractivity contribution in [2.24, 2.45) is 11.8 Å². The van der Waals surface area contributed by atoms with E-state index in [1.54, 1.807) is 0 Å². The molecule has 2 aliphatic carbocycles. The molecule has 0 unspecified atom stereocenters. The summed E-state index contributed by atoms with van der Waals surface area (Å²) in [5.41, 5.74) is 0. The predicted molar refractivity (Wildman–Crippen MR) is 47.2 cm³/mol. The first kappa shape index (κ1) is 9.66. The van der Waals surface area contributed by atoms with Crippen molar-refractivity contribution in [1.29, 1.82) is 0 Å². The van der Waals surface area contributed by atoms with Gasteiger partial charge in [-0.3, -0.25) is 9.05 Å². The molecule has 0 aliphatic heterocycles.